The average Bonchev–Trinajstić information content (AvgIpc) is 2.55. The minimum absolute atomic E-state index is 0.00696. The number of thiol groups is 1. The van der Waals surface area contributed by atoms with Crippen LogP contribution in [0.5, 0.6) is 5.75 Å². The maximum Gasteiger partial charge on any atom is 0.303 e. The lowest BCUT2D eigenvalue weighted by molar-refractivity contribution is -0.137. The highest BCUT2D eigenvalue weighted by Gasteiger charge is 2.22. The van der Waals surface area contributed by atoms with Gasteiger partial charge < -0.3 is 9.84 Å². The van der Waals surface area contributed by atoms with Gasteiger partial charge in [-0.2, -0.15) is 17.7 Å². The van der Waals surface area contributed by atoms with Crippen LogP contribution in [-0.4, -0.2) is 34.0 Å². The number of benzene rings is 1. The SMILES string of the molecule is CC(C)(S)CC(=O)N/N=C1\CCCc2cc(OCCCC(=O)O)cc(F)c21. The second kappa shape index (κ2) is 9.21. The van der Waals surface area contributed by atoms with Crippen LogP contribution in [-0.2, 0) is 16.0 Å². The smallest absolute Gasteiger partial charge is 0.303 e. The van der Waals surface area contributed by atoms with E-state index in [4.69, 9.17) is 9.84 Å². The first kappa shape index (κ1) is 21.2. The fourth-order valence-corrected chi connectivity index (χ4v) is 3.04. The van der Waals surface area contributed by atoms with Crippen molar-refractivity contribution in [3.05, 3.63) is 29.1 Å². The molecule has 0 aliphatic heterocycles. The van der Waals surface area contributed by atoms with Gasteiger partial charge in [-0.15, -0.1) is 0 Å². The van der Waals surface area contributed by atoms with Crippen molar-refractivity contribution in [2.24, 2.45) is 5.10 Å². The van der Waals surface area contributed by atoms with Crippen LogP contribution in [0.15, 0.2) is 17.2 Å². The van der Waals surface area contributed by atoms with Crippen molar-refractivity contribution in [1.29, 1.82) is 0 Å². The highest BCUT2D eigenvalue weighted by Crippen LogP contribution is 2.29. The van der Waals surface area contributed by atoms with E-state index in [0.717, 1.165) is 12.0 Å². The summed E-state index contributed by atoms with van der Waals surface area (Å²) in [6.07, 6.45) is 2.62. The highest BCUT2D eigenvalue weighted by molar-refractivity contribution is 7.81. The first-order chi connectivity index (χ1) is 12.7. The van der Waals surface area contributed by atoms with Crippen molar-refractivity contribution >= 4 is 30.2 Å². The summed E-state index contributed by atoms with van der Waals surface area (Å²) in [6.45, 7) is 3.87. The van der Waals surface area contributed by atoms with Crippen molar-refractivity contribution in [3.63, 3.8) is 0 Å². The molecule has 1 aromatic rings. The van der Waals surface area contributed by atoms with Crippen LogP contribution in [0.1, 0.15) is 57.1 Å². The van der Waals surface area contributed by atoms with Crippen LogP contribution in [0.2, 0.25) is 0 Å². The molecule has 0 heterocycles. The number of ether oxygens (including phenoxy) is 1. The molecule has 1 aromatic carbocycles. The summed E-state index contributed by atoms with van der Waals surface area (Å²) in [5, 5.41) is 12.8. The van der Waals surface area contributed by atoms with E-state index >= 15 is 0 Å². The van der Waals surface area contributed by atoms with Crippen molar-refractivity contribution in [1.82, 2.24) is 5.43 Å². The molecule has 1 aliphatic carbocycles. The summed E-state index contributed by atoms with van der Waals surface area (Å²) in [5.41, 5.74) is 4.18. The number of aryl methyl sites for hydroxylation is 1. The van der Waals surface area contributed by atoms with E-state index in [2.05, 4.69) is 23.2 Å². The monoisotopic (exact) mass is 396 g/mol. The lowest BCUT2D eigenvalue weighted by Crippen LogP contribution is -2.28. The zero-order valence-electron chi connectivity index (χ0n) is 15.5. The number of nitrogens with zero attached hydrogens (tertiary/aromatic N) is 1. The molecule has 0 saturated carbocycles. The summed E-state index contributed by atoms with van der Waals surface area (Å²) in [5.74, 6) is -1.24. The number of nitrogens with one attached hydrogen (secondary N) is 1. The number of carboxylic acid groups (broad SMARTS) is 1. The Morgan fingerprint density at radius 1 is 1.37 bits per heavy atom. The minimum atomic E-state index is -0.889. The first-order valence-corrected chi connectivity index (χ1v) is 9.35. The second-order valence-corrected chi connectivity index (χ2v) is 8.43. The maximum absolute atomic E-state index is 14.6. The molecule has 6 nitrogen and oxygen atoms in total. The third kappa shape index (κ3) is 6.86. The van der Waals surface area contributed by atoms with Crippen LogP contribution in [0.4, 0.5) is 4.39 Å². The number of aliphatic carboxylic acids is 1. The van der Waals surface area contributed by atoms with Gasteiger partial charge in [-0.3, -0.25) is 9.59 Å². The Kier molecular flexibility index (Phi) is 7.24. The topological polar surface area (TPSA) is 88.0 Å². The number of carbonyl (C=O) groups excluding carboxylic acids is 1. The molecule has 2 rings (SSSR count). The van der Waals surface area contributed by atoms with Gasteiger partial charge in [0.05, 0.1) is 12.3 Å². The largest absolute Gasteiger partial charge is 0.493 e. The van der Waals surface area contributed by atoms with Gasteiger partial charge in [0, 0.05) is 29.2 Å². The molecule has 27 heavy (non-hydrogen) atoms. The summed E-state index contributed by atoms with van der Waals surface area (Å²) in [4.78, 5) is 22.4. The molecule has 1 amide bonds. The predicted molar refractivity (Wildman–Crippen MR) is 104 cm³/mol. The van der Waals surface area contributed by atoms with Crippen molar-refractivity contribution in [2.45, 2.75) is 57.1 Å². The lowest BCUT2D eigenvalue weighted by atomic mass is 9.89. The Hall–Kier alpha value is -2.09. The quantitative estimate of drug-likeness (QED) is 0.357. The van der Waals surface area contributed by atoms with Crippen LogP contribution >= 0.6 is 12.6 Å². The maximum atomic E-state index is 14.6. The summed E-state index contributed by atoms with van der Waals surface area (Å²) >= 11 is 4.32. The van der Waals surface area contributed by atoms with Crippen molar-refractivity contribution < 1.29 is 23.8 Å². The van der Waals surface area contributed by atoms with E-state index in [1.807, 2.05) is 13.8 Å². The fourth-order valence-electron chi connectivity index (χ4n) is 2.90. The molecule has 0 spiro atoms. The van der Waals surface area contributed by atoms with Gasteiger partial charge in [-0.05, 0) is 37.3 Å². The molecule has 8 heteroatoms. The Morgan fingerprint density at radius 3 is 2.78 bits per heavy atom. The number of carboxylic acids is 1. The summed E-state index contributed by atoms with van der Waals surface area (Å²) in [7, 11) is 0. The average molecular weight is 396 g/mol. The number of hydrogen-bond acceptors (Lipinski definition) is 5. The number of carbonyl (C=O) groups is 2. The molecular weight excluding hydrogens is 371 g/mol. The number of rotatable bonds is 8. The molecule has 0 radical (unpaired) electrons. The number of hydrogen-bond donors (Lipinski definition) is 3. The Labute approximate surface area is 163 Å². The van der Waals surface area contributed by atoms with Crippen molar-refractivity contribution in [2.75, 3.05) is 6.61 Å². The lowest BCUT2D eigenvalue weighted by Gasteiger charge is -2.20. The molecule has 0 atom stereocenters. The van der Waals surface area contributed by atoms with E-state index in [-0.39, 0.29) is 25.4 Å². The zero-order chi connectivity index (χ0) is 20.0. The second-order valence-electron chi connectivity index (χ2n) is 7.22. The van der Waals surface area contributed by atoms with E-state index in [1.165, 1.54) is 6.07 Å². The number of fused-ring (bicyclic) bond motifs is 1. The molecule has 148 valence electrons. The summed E-state index contributed by atoms with van der Waals surface area (Å²) < 4.78 is 19.7. The Morgan fingerprint density at radius 2 is 2.11 bits per heavy atom. The van der Waals surface area contributed by atoms with E-state index in [9.17, 15) is 14.0 Å². The Bertz CT molecular complexity index is 744. The van der Waals surface area contributed by atoms with E-state index in [1.54, 1.807) is 6.07 Å². The van der Waals surface area contributed by atoms with Crippen LogP contribution in [0, 0.1) is 5.82 Å². The third-order valence-corrected chi connectivity index (χ3v) is 4.16. The Balaban J connectivity index is 2.09. The molecular formula is C19H25FN2O4S. The van der Waals surface area contributed by atoms with E-state index < -0.39 is 16.5 Å². The number of halogens is 1. The van der Waals surface area contributed by atoms with Gasteiger partial charge in [-0.1, -0.05) is 13.8 Å². The summed E-state index contributed by atoms with van der Waals surface area (Å²) in [6, 6.07) is 3.03. The predicted octanol–water partition coefficient (Wildman–Crippen LogP) is 3.32. The number of amides is 1. The molecule has 2 N–H and O–H groups in total. The third-order valence-electron chi connectivity index (χ3n) is 4.01. The van der Waals surface area contributed by atoms with Gasteiger partial charge in [0.15, 0.2) is 0 Å². The molecule has 0 aromatic heterocycles. The molecule has 0 saturated heterocycles. The zero-order valence-corrected chi connectivity index (χ0v) is 16.4. The van der Waals surface area contributed by atoms with Crippen molar-refractivity contribution in [3.8, 4) is 5.75 Å². The molecule has 0 fully saturated rings. The number of hydrazone groups is 1. The highest BCUT2D eigenvalue weighted by atomic mass is 32.1. The van der Waals surface area contributed by atoms with Gasteiger partial charge in [0.1, 0.15) is 11.6 Å². The standard InChI is InChI=1S/C19H25FN2O4S/c1-19(2,27)11-16(23)22-21-15-6-3-5-12-9-13(10-14(20)18(12)15)26-8-4-7-17(24)25/h9-10,27H,3-8,11H2,1-2H3,(H,22,23)(H,24,25)/b21-15+. The van der Waals surface area contributed by atoms with Gasteiger partial charge in [-0.25, -0.2) is 9.82 Å². The van der Waals surface area contributed by atoms with Gasteiger partial charge in [0.25, 0.3) is 0 Å². The van der Waals surface area contributed by atoms with Gasteiger partial charge >= 0.3 is 5.97 Å². The van der Waals surface area contributed by atoms with E-state index in [0.29, 0.717) is 36.3 Å². The van der Waals surface area contributed by atoms with Crippen LogP contribution in [0.3, 0.4) is 0 Å². The fraction of sp³-hybridized carbons (Fsp3) is 0.526. The molecule has 0 unspecified atom stereocenters. The first-order valence-electron chi connectivity index (χ1n) is 8.91. The normalized spacial score (nSPS) is 15.3. The molecule has 1 aliphatic rings. The molecule has 0 bridgehead atoms. The van der Waals surface area contributed by atoms with Gasteiger partial charge in [0.2, 0.25) is 5.91 Å². The minimum Gasteiger partial charge on any atom is -0.493 e. The van der Waals surface area contributed by atoms with Crippen LogP contribution < -0.4 is 10.2 Å². The van der Waals surface area contributed by atoms with Crippen LogP contribution in [0.25, 0.3) is 0 Å².